The Morgan fingerprint density at radius 2 is 1.73 bits per heavy atom. The molecule has 1 N–H and O–H groups in total. The lowest BCUT2D eigenvalue weighted by atomic mass is 10.1. The minimum Gasteiger partial charge on any atom is -0.462 e. The van der Waals surface area contributed by atoms with Gasteiger partial charge in [0.2, 0.25) is 5.91 Å². The molecule has 0 radical (unpaired) electrons. The van der Waals surface area contributed by atoms with Crippen LogP contribution in [0.1, 0.15) is 23.0 Å². The number of halogens is 4. The minimum absolute atomic E-state index is 0.0993. The van der Waals surface area contributed by atoms with Crippen LogP contribution in [0.3, 0.4) is 0 Å². The first-order valence-corrected chi connectivity index (χ1v) is 11.4. The maximum absolute atomic E-state index is 13.3. The molecule has 6 nitrogen and oxygen atoms in total. The summed E-state index contributed by atoms with van der Waals surface area (Å²) < 4.78 is 45.7. The Bertz CT molecular complexity index is 1140. The molecule has 0 saturated heterocycles. The van der Waals surface area contributed by atoms with Gasteiger partial charge in [0.1, 0.15) is 5.69 Å². The SMILES string of the molecule is CCOC(=O)c1ccc(NC(=O)CSc2nc(-c3ccc(Br)cc3)cc(C(F)(F)F)n2)cc1. The number of anilines is 1. The van der Waals surface area contributed by atoms with Crippen molar-refractivity contribution in [3.8, 4) is 11.3 Å². The minimum atomic E-state index is -4.66. The second kappa shape index (κ2) is 10.8. The van der Waals surface area contributed by atoms with Gasteiger partial charge in [-0.2, -0.15) is 13.2 Å². The van der Waals surface area contributed by atoms with Crippen molar-refractivity contribution >= 4 is 45.3 Å². The molecule has 11 heteroatoms. The standard InChI is InChI=1S/C22H17BrF3N3O3S/c1-2-32-20(31)14-5-9-16(10-6-14)27-19(30)12-33-21-28-17(11-18(29-21)22(24,25)26)13-3-7-15(23)8-4-13/h3-11H,2,12H2,1H3,(H,27,30). The summed E-state index contributed by atoms with van der Waals surface area (Å²) in [6.45, 7) is 1.94. The first kappa shape index (κ1) is 24.7. The Balaban J connectivity index is 1.71. The van der Waals surface area contributed by atoms with Crippen LogP contribution in [0.4, 0.5) is 18.9 Å². The van der Waals surface area contributed by atoms with Crippen molar-refractivity contribution in [3.63, 3.8) is 0 Å². The van der Waals surface area contributed by atoms with E-state index in [1.165, 1.54) is 24.3 Å². The third-order valence-electron chi connectivity index (χ3n) is 4.15. The summed E-state index contributed by atoms with van der Waals surface area (Å²) in [6, 6.07) is 13.6. The average Bonchev–Trinajstić information content (AvgIpc) is 2.78. The number of aromatic nitrogens is 2. The molecule has 0 saturated carbocycles. The number of rotatable bonds is 7. The lowest BCUT2D eigenvalue weighted by Crippen LogP contribution is -2.15. The van der Waals surface area contributed by atoms with Crippen LogP contribution in [0, 0.1) is 0 Å². The lowest BCUT2D eigenvalue weighted by molar-refractivity contribution is -0.141. The Morgan fingerprint density at radius 3 is 2.33 bits per heavy atom. The van der Waals surface area contributed by atoms with E-state index in [1.807, 2.05) is 0 Å². The number of ether oxygens (including phenoxy) is 1. The Morgan fingerprint density at radius 1 is 1.06 bits per heavy atom. The van der Waals surface area contributed by atoms with E-state index in [0.717, 1.165) is 22.3 Å². The van der Waals surface area contributed by atoms with Crippen LogP contribution in [0.2, 0.25) is 0 Å². The molecule has 0 atom stereocenters. The fraction of sp³-hybridized carbons (Fsp3) is 0.182. The molecule has 172 valence electrons. The van der Waals surface area contributed by atoms with Gasteiger partial charge >= 0.3 is 12.1 Å². The van der Waals surface area contributed by atoms with Crippen molar-refractivity contribution in [1.29, 1.82) is 0 Å². The number of hydrogen-bond donors (Lipinski definition) is 1. The number of amides is 1. The largest absolute Gasteiger partial charge is 0.462 e. The van der Waals surface area contributed by atoms with E-state index in [9.17, 15) is 22.8 Å². The van der Waals surface area contributed by atoms with Gasteiger partial charge < -0.3 is 10.1 Å². The van der Waals surface area contributed by atoms with Gasteiger partial charge in [-0.25, -0.2) is 14.8 Å². The van der Waals surface area contributed by atoms with E-state index in [1.54, 1.807) is 31.2 Å². The molecule has 0 spiro atoms. The molecule has 3 rings (SSSR count). The molecular formula is C22H17BrF3N3O3S. The summed E-state index contributed by atoms with van der Waals surface area (Å²) in [5, 5.41) is 2.44. The highest BCUT2D eigenvalue weighted by atomic mass is 79.9. The normalized spacial score (nSPS) is 11.2. The van der Waals surface area contributed by atoms with Gasteiger partial charge in [-0.3, -0.25) is 4.79 Å². The number of benzene rings is 2. The van der Waals surface area contributed by atoms with Crippen LogP contribution in [0.15, 0.2) is 64.2 Å². The number of nitrogens with one attached hydrogen (secondary N) is 1. The molecule has 3 aromatic rings. The highest BCUT2D eigenvalue weighted by Crippen LogP contribution is 2.32. The Hall–Kier alpha value is -2.92. The molecule has 1 heterocycles. The predicted octanol–water partition coefficient (Wildman–Crippen LogP) is 5.83. The fourth-order valence-corrected chi connectivity index (χ4v) is 3.56. The van der Waals surface area contributed by atoms with Crippen LogP contribution < -0.4 is 5.32 Å². The zero-order chi connectivity index (χ0) is 24.0. The van der Waals surface area contributed by atoms with E-state index in [0.29, 0.717) is 16.8 Å². The molecule has 0 bridgehead atoms. The number of nitrogens with zero attached hydrogens (tertiary/aromatic N) is 2. The molecule has 1 amide bonds. The smallest absolute Gasteiger partial charge is 0.433 e. The van der Waals surface area contributed by atoms with Gasteiger partial charge in [-0.1, -0.05) is 39.8 Å². The number of alkyl halides is 3. The Labute approximate surface area is 200 Å². The summed E-state index contributed by atoms with van der Waals surface area (Å²) in [5.74, 6) is -1.15. The van der Waals surface area contributed by atoms with Gasteiger partial charge in [0.15, 0.2) is 5.16 Å². The number of hydrogen-bond acceptors (Lipinski definition) is 6. The fourth-order valence-electron chi connectivity index (χ4n) is 2.63. The van der Waals surface area contributed by atoms with E-state index >= 15 is 0 Å². The van der Waals surface area contributed by atoms with Crippen molar-refractivity contribution in [1.82, 2.24) is 9.97 Å². The number of esters is 1. The van der Waals surface area contributed by atoms with Gasteiger partial charge in [-0.05, 0) is 49.4 Å². The Kier molecular flexibility index (Phi) is 8.09. The lowest BCUT2D eigenvalue weighted by Gasteiger charge is -2.11. The third kappa shape index (κ3) is 7.03. The van der Waals surface area contributed by atoms with Crippen molar-refractivity contribution in [2.45, 2.75) is 18.3 Å². The number of carbonyl (C=O) groups is 2. The van der Waals surface area contributed by atoms with Crippen molar-refractivity contribution < 1.29 is 27.5 Å². The first-order chi connectivity index (χ1) is 15.7. The molecule has 0 unspecified atom stereocenters. The molecule has 0 aliphatic heterocycles. The number of thioether (sulfide) groups is 1. The van der Waals surface area contributed by atoms with Crippen LogP contribution in [-0.2, 0) is 15.7 Å². The highest BCUT2D eigenvalue weighted by Gasteiger charge is 2.34. The second-order valence-corrected chi connectivity index (χ2v) is 8.42. The second-order valence-electron chi connectivity index (χ2n) is 6.56. The first-order valence-electron chi connectivity index (χ1n) is 9.57. The summed E-state index contributed by atoms with van der Waals surface area (Å²) in [5.41, 5.74) is 0.255. The highest BCUT2D eigenvalue weighted by molar-refractivity contribution is 9.10. The molecule has 0 aliphatic rings. The maximum atomic E-state index is 13.3. The van der Waals surface area contributed by atoms with Crippen LogP contribution in [0.25, 0.3) is 11.3 Å². The maximum Gasteiger partial charge on any atom is 0.433 e. The van der Waals surface area contributed by atoms with Crippen molar-refractivity contribution in [3.05, 3.63) is 70.3 Å². The quantitative estimate of drug-likeness (QED) is 0.231. The van der Waals surface area contributed by atoms with Gasteiger partial charge in [0.05, 0.1) is 23.6 Å². The van der Waals surface area contributed by atoms with Gasteiger partial charge in [0, 0.05) is 15.7 Å². The summed E-state index contributed by atoms with van der Waals surface area (Å²) in [6.07, 6.45) is -4.66. The molecular weight excluding hydrogens is 523 g/mol. The van der Waals surface area contributed by atoms with E-state index < -0.39 is 23.7 Å². The zero-order valence-electron chi connectivity index (χ0n) is 17.1. The summed E-state index contributed by atoms with van der Waals surface area (Å²) in [7, 11) is 0. The molecule has 0 aliphatic carbocycles. The molecule has 0 fully saturated rings. The summed E-state index contributed by atoms with van der Waals surface area (Å²) >= 11 is 4.07. The van der Waals surface area contributed by atoms with Crippen LogP contribution in [0.5, 0.6) is 0 Å². The predicted molar refractivity (Wildman–Crippen MR) is 122 cm³/mol. The third-order valence-corrected chi connectivity index (χ3v) is 5.52. The molecule has 33 heavy (non-hydrogen) atoms. The number of carbonyl (C=O) groups excluding carboxylic acids is 2. The topological polar surface area (TPSA) is 81.2 Å². The van der Waals surface area contributed by atoms with E-state index in [-0.39, 0.29) is 23.2 Å². The van der Waals surface area contributed by atoms with E-state index in [2.05, 4.69) is 31.2 Å². The zero-order valence-corrected chi connectivity index (χ0v) is 19.6. The average molecular weight is 540 g/mol. The van der Waals surface area contributed by atoms with Crippen molar-refractivity contribution in [2.75, 3.05) is 17.7 Å². The van der Waals surface area contributed by atoms with Gasteiger partial charge in [0.25, 0.3) is 0 Å². The molecule has 2 aromatic carbocycles. The molecule has 1 aromatic heterocycles. The van der Waals surface area contributed by atoms with Crippen molar-refractivity contribution in [2.24, 2.45) is 0 Å². The van der Waals surface area contributed by atoms with Gasteiger partial charge in [-0.15, -0.1) is 0 Å². The van der Waals surface area contributed by atoms with Crippen LogP contribution >= 0.6 is 27.7 Å². The monoisotopic (exact) mass is 539 g/mol. The van der Waals surface area contributed by atoms with E-state index in [4.69, 9.17) is 4.74 Å². The summed E-state index contributed by atoms with van der Waals surface area (Å²) in [4.78, 5) is 31.7. The van der Waals surface area contributed by atoms with Crippen LogP contribution in [-0.4, -0.2) is 34.2 Å².